The highest BCUT2D eigenvalue weighted by atomic mass is 19.4. The molecule has 1 aliphatic rings. The number of amides is 1. The van der Waals surface area contributed by atoms with Crippen LogP contribution in [0.2, 0.25) is 0 Å². The number of benzene rings is 2. The third-order valence-electron chi connectivity index (χ3n) is 7.39. The molecular formula is C32H32F4N6O. The van der Waals surface area contributed by atoms with Crippen LogP contribution in [-0.2, 0) is 4.79 Å². The lowest BCUT2D eigenvalue weighted by molar-refractivity contribution is -0.123. The molecule has 4 N–H and O–H groups in total. The SMILES string of the molecule is CC(C)(/C=C/C(N)=O)N[C@@H]1CCN(c2ccc(/C(=C(/CC(F)(F)F)c3ccccc3)c3ccc4n[nH]c(F)c4c3)cn2)C1. The molecule has 4 aromatic rings. The van der Waals surface area contributed by atoms with E-state index in [1.807, 2.05) is 13.8 Å². The number of rotatable bonds is 9. The van der Waals surface area contributed by atoms with Crippen molar-refractivity contribution in [1.29, 1.82) is 0 Å². The summed E-state index contributed by atoms with van der Waals surface area (Å²) in [5, 5.41) is 9.90. The second-order valence-corrected chi connectivity index (χ2v) is 11.2. The van der Waals surface area contributed by atoms with Crippen molar-refractivity contribution < 1.29 is 22.4 Å². The van der Waals surface area contributed by atoms with Crippen molar-refractivity contribution in [1.82, 2.24) is 20.5 Å². The molecule has 11 heteroatoms. The fraction of sp³-hybridized carbons (Fsp3) is 0.281. The van der Waals surface area contributed by atoms with Crippen molar-refractivity contribution in [3.63, 3.8) is 0 Å². The molecular weight excluding hydrogens is 560 g/mol. The maximum absolute atomic E-state index is 14.5. The van der Waals surface area contributed by atoms with Crippen LogP contribution >= 0.6 is 0 Å². The minimum Gasteiger partial charge on any atom is -0.366 e. The molecule has 1 atom stereocenters. The van der Waals surface area contributed by atoms with Gasteiger partial charge in [0.05, 0.1) is 17.3 Å². The Bertz CT molecular complexity index is 1660. The lowest BCUT2D eigenvalue weighted by Crippen LogP contribution is -2.46. The minimum absolute atomic E-state index is 0.0580. The quantitative estimate of drug-likeness (QED) is 0.126. The van der Waals surface area contributed by atoms with Gasteiger partial charge in [-0.05, 0) is 66.8 Å². The first-order valence-corrected chi connectivity index (χ1v) is 13.9. The van der Waals surface area contributed by atoms with Crippen molar-refractivity contribution in [2.24, 2.45) is 5.73 Å². The predicted molar refractivity (Wildman–Crippen MR) is 159 cm³/mol. The molecule has 1 fully saturated rings. The van der Waals surface area contributed by atoms with E-state index >= 15 is 0 Å². The van der Waals surface area contributed by atoms with E-state index in [0.29, 0.717) is 40.1 Å². The van der Waals surface area contributed by atoms with Gasteiger partial charge in [-0.25, -0.2) is 4.98 Å². The zero-order valence-corrected chi connectivity index (χ0v) is 23.8. The maximum atomic E-state index is 14.5. The molecule has 0 bridgehead atoms. The van der Waals surface area contributed by atoms with Gasteiger partial charge in [0.15, 0.2) is 0 Å². The Hall–Kier alpha value is -4.51. The Balaban J connectivity index is 1.51. The van der Waals surface area contributed by atoms with Gasteiger partial charge in [0.25, 0.3) is 0 Å². The van der Waals surface area contributed by atoms with Crippen LogP contribution in [0, 0.1) is 5.95 Å². The van der Waals surface area contributed by atoms with Crippen LogP contribution in [0.15, 0.2) is 79.0 Å². The summed E-state index contributed by atoms with van der Waals surface area (Å²) in [4.78, 5) is 17.9. The van der Waals surface area contributed by atoms with E-state index in [4.69, 9.17) is 5.73 Å². The van der Waals surface area contributed by atoms with E-state index in [-0.39, 0.29) is 17.0 Å². The molecule has 43 heavy (non-hydrogen) atoms. The Morgan fingerprint density at radius 1 is 1.09 bits per heavy atom. The lowest BCUT2D eigenvalue weighted by Gasteiger charge is -2.27. The number of hydrogen-bond donors (Lipinski definition) is 3. The molecule has 0 spiro atoms. The predicted octanol–water partition coefficient (Wildman–Crippen LogP) is 6.00. The average molecular weight is 593 g/mol. The van der Waals surface area contributed by atoms with Gasteiger partial charge in [0.2, 0.25) is 11.9 Å². The average Bonchev–Trinajstić information content (AvgIpc) is 3.58. The van der Waals surface area contributed by atoms with Gasteiger partial charge in [-0.3, -0.25) is 9.89 Å². The highest BCUT2D eigenvalue weighted by Gasteiger charge is 2.32. The molecule has 2 aromatic carbocycles. The molecule has 0 saturated carbocycles. The van der Waals surface area contributed by atoms with Gasteiger partial charge in [0.1, 0.15) is 5.82 Å². The number of pyridine rings is 1. The maximum Gasteiger partial charge on any atom is 0.393 e. The third kappa shape index (κ3) is 7.29. The van der Waals surface area contributed by atoms with E-state index in [9.17, 15) is 22.4 Å². The molecule has 1 aliphatic heterocycles. The molecule has 1 amide bonds. The van der Waals surface area contributed by atoms with E-state index in [2.05, 4.69) is 25.4 Å². The number of carbonyl (C=O) groups excluding carboxylic acids is 1. The number of fused-ring (bicyclic) bond motifs is 1. The standard InChI is InChI=1S/C32H32F4N6O/c1-31(2,14-12-27(37)43)39-23-13-15-42(19-23)28-11-9-22(18-38-28)29(21-8-10-26-24(16-21)30(33)41-40-26)25(17-32(34,35)36)20-6-4-3-5-7-20/h3-12,14,16,18,23,39H,13,15,17,19H2,1-2H3,(H2,37,43)(H,40,41)/b14-12+,29-25-/t23-/m1/s1. The van der Waals surface area contributed by atoms with Gasteiger partial charge in [-0.1, -0.05) is 42.5 Å². The number of hydrogen-bond acceptors (Lipinski definition) is 5. The number of halogens is 4. The van der Waals surface area contributed by atoms with Gasteiger partial charge in [-0.2, -0.15) is 22.7 Å². The number of alkyl halides is 3. The van der Waals surface area contributed by atoms with Crippen LogP contribution in [0.4, 0.5) is 23.4 Å². The second-order valence-electron chi connectivity index (χ2n) is 11.2. The van der Waals surface area contributed by atoms with E-state index in [1.54, 1.807) is 66.9 Å². The summed E-state index contributed by atoms with van der Waals surface area (Å²) in [5.74, 6) is -0.486. The van der Waals surface area contributed by atoms with Crippen LogP contribution in [-0.4, -0.2) is 51.9 Å². The van der Waals surface area contributed by atoms with Crippen molar-refractivity contribution in [3.8, 4) is 0 Å². The molecule has 0 radical (unpaired) electrons. The summed E-state index contributed by atoms with van der Waals surface area (Å²) < 4.78 is 56.5. The van der Waals surface area contributed by atoms with E-state index < -0.39 is 30.0 Å². The van der Waals surface area contributed by atoms with Crippen LogP contribution in [0.1, 0.15) is 43.4 Å². The lowest BCUT2D eigenvalue weighted by atomic mass is 9.88. The van der Waals surface area contributed by atoms with E-state index in [0.717, 1.165) is 13.0 Å². The number of aromatic nitrogens is 3. The van der Waals surface area contributed by atoms with Crippen LogP contribution in [0.5, 0.6) is 0 Å². The molecule has 224 valence electrons. The second kappa shape index (κ2) is 12.0. The zero-order chi connectivity index (χ0) is 30.8. The number of allylic oxidation sites excluding steroid dienone is 1. The highest BCUT2D eigenvalue weighted by Crippen LogP contribution is 2.40. The van der Waals surface area contributed by atoms with Gasteiger partial charge in [-0.15, -0.1) is 0 Å². The summed E-state index contributed by atoms with van der Waals surface area (Å²) in [6.07, 6.45) is -0.196. The topological polar surface area (TPSA) is 99.9 Å². The Labute approximate surface area is 246 Å². The Morgan fingerprint density at radius 2 is 1.84 bits per heavy atom. The summed E-state index contributed by atoms with van der Waals surface area (Å²) in [5.41, 5.74) is 6.83. The van der Waals surface area contributed by atoms with Crippen LogP contribution < -0.4 is 16.0 Å². The fourth-order valence-electron chi connectivity index (χ4n) is 5.50. The van der Waals surface area contributed by atoms with Crippen molar-refractivity contribution >= 4 is 33.8 Å². The van der Waals surface area contributed by atoms with Gasteiger partial charge >= 0.3 is 6.18 Å². The number of nitrogens with one attached hydrogen (secondary N) is 2. The number of carbonyl (C=O) groups is 1. The summed E-state index contributed by atoms with van der Waals surface area (Å²) in [6, 6.07) is 16.8. The molecule has 5 rings (SSSR count). The highest BCUT2D eigenvalue weighted by molar-refractivity contribution is 6.00. The summed E-state index contributed by atoms with van der Waals surface area (Å²) in [7, 11) is 0. The smallest absolute Gasteiger partial charge is 0.366 e. The van der Waals surface area contributed by atoms with E-state index in [1.165, 1.54) is 12.1 Å². The molecule has 0 unspecified atom stereocenters. The summed E-state index contributed by atoms with van der Waals surface area (Å²) >= 11 is 0. The van der Waals surface area contributed by atoms with Crippen molar-refractivity contribution in [2.75, 3.05) is 18.0 Å². The number of H-pyrrole nitrogens is 1. The Kier molecular flexibility index (Phi) is 8.36. The van der Waals surface area contributed by atoms with Gasteiger partial charge in [0, 0.05) is 42.5 Å². The monoisotopic (exact) mass is 592 g/mol. The molecule has 3 heterocycles. The normalized spacial score (nSPS) is 16.7. The number of nitrogens with two attached hydrogens (primary N) is 1. The van der Waals surface area contributed by atoms with Crippen LogP contribution in [0.25, 0.3) is 22.0 Å². The summed E-state index contributed by atoms with van der Waals surface area (Å²) in [6.45, 7) is 5.28. The molecule has 1 saturated heterocycles. The number of anilines is 1. The number of primary amides is 1. The zero-order valence-electron chi connectivity index (χ0n) is 23.8. The fourth-order valence-corrected chi connectivity index (χ4v) is 5.50. The molecule has 0 aliphatic carbocycles. The molecule has 7 nitrogen and oxygen atoms in total. The number of aromatic amines is 1. The largest absolute Gasteiger partial charge is 0.393 e. The minimum atomic E-state index is -4.49. The van der Waals surface area contributed by atoms with Crippen LogP contribution in [0.3, 0.4) is 0 Å². The first-order chi connectivity index (χ1) is 20.4. The van der Waals surface area contributed by atoms with Gasteiger partial charge < -0.3 is 16.0 Å². The first-order valence-electron chi connectivity index (χ1n) is 13.9. The van der Waals surface area contributed by atoms with Crippen molar-refractivity contribution in [3.05, 3.63) is 102 Å². The van der Waals surface area contributed by atoms with Crippen molar-refractivity contribution in [2.45, 2.75) is 44.4 Å². The number of nitrogens with zero attached hydrogens (tertiary/aromatic N) is 3. The Morgan fingerprint density at radius 3 is 2.51 bits per heavy atom. The molecule has 2 aromatic heterocycles. The third-order valence-corrected chi connectivity index (χ3v) is 7.39. The first kappa shape index (κ1) is 30.0.